The average molecular weight is 281 g/mol. The first kappa shape index (κ1) is 12.8. The van der Waals surface area contributed by atoms with E-state index in [-0.39, 0.29) is 17.3 Å². The molecule has 0 atom stereocenters. The number of allylic oxidation sites excluding steroid dienone is 1. The summed E-state index contributed by atoms with van der Waals surface area (Å²) in [4.78, 5) is 11.8. The predicted molar refractivity (Wildman–Crippen MR) is 73.9 cm³/mol. The number of aromatic amines is 1. The first-order chi connectivity index (χ1) is 10.3. The molecule has 0 radical (unpaired) electrons. The maximum atomic E-state index is 11.8. The van der Waals surface area contributed by atoms with Crippen LogP contribution in [0.25, 0.3) is 5.57 Å². The number of amides is 1. The van der Waals surface area contributed by atoms with E-state index in [2.05, 4.69) is 31.3 Å². The van der Waals surface area contributed by atoms with Gasteiger partial charge in [-0.2, -0.15) is 10.5 Å². The molecule has 1 amide bonds. The molecule has 0 fully saturated rings. The summed E-state index contributed by atoms with van der Waals surface area (Å²) in [6, 6.07) is 7.43. The van der Waals surface area contributed by atoms with Gasteiger partial charge in [-0.15, -0.1) is 10.2 Å². The first-order valence-corrected chi connectivity index (χ1v) is 6.30. The van der Waals surface area contributed by atoms with Gasteiger partial charge < -0.3 is 10.6 Å². The summed E-state index contributed by atoms with van der Waals surface area (Å²) in [6.07, 6.45) is 2.25. The molecule has 8 heteroatoms. The number of carbonyl (C=O) groups excluding carboxylic acids is 1. The van der Waals surface area contributed by atoms with Crippen molar-refractivity contribution in [3.05, 3.63) is 41.4 Å². The number of tetrazole rings is 1. The monoisotopic (exact) mass is 281 g/mol. The normalized spacial score (nSPS) is 14.0. The second kappa shape index (κ2) is 5.42. The number of carbonyl (C=O) groups is 1. The largest absolute Gasteiger partial charge is 0.360 e. The Hall–Kier alpha value is -3.21. The summed E-state index contributed by atoms with van der Waals surface area (Å²) in [7, 11) is 0. The molecule has 1 aliphatic heterocycles. The Morgan fingerprint density at radius 1 is 1.48 bits per heavy atom. The predicted octanol–water partition coefficient (Wildman–Crippen LogP) is 0.462. The molecule has 104 valence electrons. The number of aromatic nitrogens is 4. The summed E-state index contributed by atoms with van der Waals surface area (Å²) in [5.41, 5.74) is 2.63. The van der Waals surface area contributed by atoms with E-state index in [1.807, 2.05) is 12.1 Å². The van der Waals surface area contributed by atoms with Crippen molar-refractivity contribution in [1.82, 2.24) is 25.9 Å². The molecule has 1 aromatic heterocycles. The van der Waals surface area contributed by atoms with E-state index in [9.17, 15) is 4.79 Å². The molecule has 1 aliphatic rings. The third kappa shape index (κ3) is 2.44. The van der Waals surface area contributed by atoms with E-state index >= 15 is 0 Å². The van der Waals surface area contributed by atoms with Gasteiger partial charge in [0.15, 0.2) is 0 Å². The molecule has 1 aromatic carbocycles. The van der Waals surface area contributed by atoms with Crippen molar-refractivity contribution in [2.45, 2.75) is 6.42 Å². The van der Waals surface area contributed by atoms with Gasteiger partial charge in [-0.05, 0) is 29.3 Å². The van der Waals surface area contributed by atoms with E-state index in [4.69, 9.17) is 5.26 Å². The minimum Gasteiger partial charge on any atom is -0.360 e. The Morgan fingerprint density at radius 2 is 2.38 bits per heavy atom. The number of hydrogen-bond acceptors (Lipinski definition) is 6. The van der Waals surface area contributed by atoms with Gasteiger partial charge in [0.1, 0.15) is 11.6 Å². The quantitative estimate of drug-likeness (QED) is 0.703. The second-order valence-electron chi connectivity index (χ2n) is 4.39. The number of anilines is 1. The molecule has 2 heterocycles. The highest BCUT2D eigenvalue weighted by atomic mass is 16.1. The second-order valence-corrected chi connectivity index (χ2v) is 4.39. The van der Waals surface area contributed by atoms with Crippen LogP contribution in [0.2, 0.25) is 0 Å². The molecule has 0 saturated carbocycles. The SMILES string of the molecule is N#CC(=CNc1cccc2c1CCNC2=O)c1nn[nH]n1. The van der Waals surface area contributed by atoms with Crippen LogP contribution in [0, 0.1) is 11.3 Å². The van der Waals surface area contributed by atoms with Crippen molar-refractivity contribution >= 4 is 17.2 Å². The van der Waals surface area contributed by atoms with Gasteiger partial charge in [-0.3, -0.25) is 4.79 Å². The van der Waals surface area contributed by atoms with E-state index in [1.165, 1.54) is 6.20 Å². The standard InChI is InChI=1S/C13H11N7O/c14-6-8(12-17-19-20-18-12)7-16-11-3-1-2-10-9(11)4-5-15-13(10)21/h1-3,7,16H,4-5H2,(H,15,21)(H,17,18,19,20). The zero-order valence-electron chi connectivity index (χ0n) is 10.9. The molecule has 0 bridgehead atoms. The molecule has 8 nitrogen and oxygen atoms in total. The van der Waals surface area contributed by atoms with Crippen LogP contribution < -0.4 is 10.6 Å². The summed E-state index contributed by atoms with van der Waals surface area (Å²) in [6.45, 7) is 0.601. The zero-order valence-corrected chi connectivity index (χ0v) is 10.9. The molecule has 2 aromatic rings. The lowest BCUT2D eigenvalue weighted by atomic mass is 9.98. The molecule has 21 heavy (non-hydrogen) atoms. The van der Waals surface area contributed by atoms with Crippen LogP contribution in [-0.4, -0.2) is 33.1 Å². The minimum atomic E-state index is -0.0810. The van der Waals surface area contributed by atoms with Crippen LogP contribution in [0.15, 0.2) is 24.4 Å². The molecule has 3 N–H and O–H groups in total. The highest BCUT2D eigenvalue weighted by Gasteiger charge is 2.18. The Kier molecular flexibility index (Phi) is 3.31. The molecular formula is C13H11N7O. The molecule has 0 aliphatic carbocycles. The van der Waals surface area contributed by atoms with Crippen molar-refractivity contribution in [3.8, 4) is 6.07 Å². The van der Waals surface area contributed by atoms with Crippen molar-refractivity contribution in [1.29, 1.82) is 5.26 Å². The maximum Gasteiger partial charge on any atom is 0.251 e. The third-order valence-electron chi connectivity index (χ3n) is 3.16. The Bertz CT molecular complexity index is 742. The van der Waals surface area contributed by atoms with Gasteiger partial charge in [0.05, 0.1) is 0 Å². The van der Waals surface area contributed by atoms with Crippen molar-refractivity contribution in [2.24, 2.45) is 0 Å². The van der Waals surface area contributed by atoms with Crippen LogP contribution in [0.1, 0.15) is 21.7 Å². The summed E-state index contributed by atoms with van der Waals surface area (Å²) in [5, 5.41) is 28.2. The lowest BCUT2D eigenvalue weighted by molar-refractivity contribution is 0.0946. The van der Waals surface area contributed by atoms with Gasteiger partial charge in [0.2, 0.25) is 5.82 Å². The Morgan fingerprint density at radius 3 is 3.14 bits per heavy atom. The Labute approximate surface area is 119 Å². The Balaban J connectivity index is 1.91. The molecule has 3 rings (SSSR count). The fraction of sp³-hybridized carbons (Fsp3) is 0.154. The number of H-pyrrole nitrogens is 1. The number of benzene rings is 1. The number of nitriles is 1. The van der Waals surface area contributed by atoms with E-state index in [0.717, 1.165) is 17.7 Å². The number of hydrogen-bond donors (Lipinski definition) is 3. The molecular weight excluding hydrogens is 270 g/mol. The van der Waals surface area contributed by atoms with Gasteiger partial charge in [0, 0.05) is 24.0 Å². The zero-order chi connectivity index (χ0) is 14.7. The number of nitrogens with one attached hydrogen (secondary N) is 3. The number of nitrogens with zero attached hydrogens (tertiary/aromatic N) is 4. The van der Waals surface area contributed by atoms with Gasteiger partial charge in [0.25, 0.3) is 5.91 Å². The van der Waals surface area contributed by atoms with Crippen molar-refractivity contribution in [2.75, 3.05) is 11.9 Å². The fourth-order valence-electron chi connectivity index (χ4n) is 2.17. The van der Waals surface area contributed by atoms with E-state index in [0.29, 0.717) is 12.1 Å². The van der Waals surface area contributed by atoms with Gasteiger partial charge in [-0.1, -0.05) is 6.07 Å². The molecule has 0 saturated heterocycles. The number of fused-ring (bicyclic) bond motifs is 1. The summed E-state index contributed by atoms with van der Waals surface area (Å²) >= 11 is 0. The van der Waals surface area contributed by atoms with Crippen molar-refractivity contribution in [3.63, 3.8) is 0 Å². The lowest BCUT2D eigenvalue weighted by Gasteiger charge is -2.19. The van der Waals surface area contributed by atoms with Crippen LogP contribution in [0.4, 0.5) is 5.69 Å². The summed E-state index contributed by atoms with van der Waals surface area (Å²) < 4.78 is 0. The molecule has 0 unspecified atom stereocenters. The third-order valence-corrected chi connectivity index (χ3v) is 3.16. The minimum absolute atomic E-state index is 0.0810. The van der Waals surface area contributed by atoms with Gasteiger partial charge >= 0.3 is 0 Å². The first-order valence-electron chi connectivity index (χ1n) is 6.30. The van der Waals surface area contributed by atoms with E-state index < -0.39 is 0 Å². The van der Waals surface area contributed by atoms with Crippen LogP contribution >= 0.6 is 0 Å². The average Bonchev–Trinajstić information content (AvgIpc) is 3.03. The van der Waals surface area contributed by atoms with Gasteiger partial charge in [-0.25, -0.2) is 0 Å². The highest BCUT2D eigenvalue weighted by molar-refractivity contribution is 5.98. The highest BCUT2D eigenvalue weighted by Crippen LogP contribution is 2.23. The van der Waals surface area contributed by atoms with E-state index in [1.54, 1.807) is 12.1 Å². The smallest absolute Gasteiger partial charge is 0.251 e. The van der Waals surface area contributed by atoms with Crippen LogP contribution in [-0.2, 0) is 6.42 Å². The van der Waals surface area contributed by atoms with Crippen molar-refractivity contribution < 1.29 is 4.79 Å². The molecule has 0 spiro atoms. The number of rotatable bonds is 3. The maximum absolute atomic E-state index is 11.8. The summed E-state index contributed by atoms with van der Waals surface area (Å²) in [5.74, 6) is 0.134. The topological polar surface area (TPSA) is 119 Å². The lowest BCUT2D eigenvalue weighted by Crippen LogP contribution is -2.32. The fourth-order valence-corrected chi connectivity index (χ4v) is 2.17. The van der Waals surface area contributed by atoms with Crippen LogP contribution in [0.5, 0.6) is 0 Å². The van der Waals surface area contributed by atoms with Crippen LogP contribution in [0.3, 0.4) is 0 Å².